The number of aromatic nitrogens is 1. The summed E-state index contributed by atoms with van der Waals surface area (Å²) in [4.78, 5) is 29.2. The van der Waals surface area contributed by atoms with Crippen molar-refractivity contribution >= 4 is 56.5 Å². The summed E-state index contributed by atoms with van der Waals surface area (Å²) in [5.74, 6) is 0.267. The minimum absolute atomic E-state index is 0.256. The monoisotopic (exact) mass is 645 g/mol. The summed E-state index contributed by atoms with van der Waals surface area (Å²) in [5, 5.41) is 5.52. The topological polar surface area (TPSA) is 102 Å². The molecule has 0 saturated heterocycles. The molecule has 4 aromatic carbocycles. The van der Waals surface area contributed by atoms with Crippen molar-refractivity contribution < 1.29 is 23.8 Å². The van der Waals surface area contributed by atoms with Gasteiger partial charge in [0.05, 0.1) is 31.0 Å². The SMILES string of the molecule is CCOc1cc(C=NNC(=O)c2[nH]c3c(Br)cccc3c2-c2ccccc2Cl)ccc1OC(=O)c1ccc(OC)cc1. The molecule has 1 aromatic heterocycles. The van der Waals surface area contributed by atoms with Crippen LogP contribution < -0.4 is 19.6 Å². The number of amides is 1. The van der Waals surface area contributed by atoms with E-state index < -0.39 is 11.9 Å². The molecule has 0 aliphatic carbocycles. The molecule has 0 aliphatic heterocycles. The van der Waals surface area contributed by atoms with E-state index in [1.165, 1.54) is 6.21 Å². The molecule has 2 N–H and O–H groups in total. The number of para-hydroxylation sites is 1. The smallest absolute Gasteiger partial charge is 0.343 e. The Hall–Kier alpha value is -4.60. The lowest BCUT2D eigenvalue weighted by Gasteiger charge is -2.11. The highest BCUT2D eigenvalue weighted by Gasteiger charge is 2.22. The van der Waals surface area contributed by atoms with Crippen molar-refractivity contribution in [3.63, 3.8) is 0 Å². The first-order chi connectivity index (χ1) is 20.4. The van der Waals surface area contributed by atoms with Crippen LogP contribution in [-0.4, -0.2) is 36.8 Å². The standard InChI is InChI=1S/C32H25BrClN3O5/c1-3-41-27-17-19(11-16-26(27)42-32(39)20-12-14-21(40-2)15-13-20)18-35-37-31(38)30-28(22-7-4-5-10-25(22)34)23-8-6-9-24(33)29(23)36-30/h4-18,36H,3H2,1-2H3,(H,37,38). The van der Waals surface area contributed by atoms with E-state index in [1.807, 2.05) is 43.3 Å². The second kappa shape index (κ2) is 12.9. The molecule has 212 valence electrons. The zero-order valence-electron chi connectivity index (χ0n) is 22.6. The van der Waals surface area contributed by atoms with Crippen LogP contribution in [-0.2, 0) is 0 Å². The van der Waals surface area contributed by atoms with Crippen LogP contribution in [0.2, 0.25) is 5.02 Å². The first kappa shape index (κ1) is 28.9. The minimum atomic E-state index is -0.536. The van der Waals surface area contributed by atoms with Gasteiger partial charge in [0.2, 0.25) is 0 Å². The molecule has 0 radical (unpaired) electrons. The van der Waals surface area contributed by atoms with Crippen LogP contribution in [0.3, 0.4) is 0 Å². The molecule has 0 atom stereocenters. The highest BCUT2D eigenvalue weighted by atomic mass is 79.9. The zero-order chi connectivity index (χ0) is 29.6. The summed E-state index contributed by atoms with van der Waals surface area (Å²) in [7, 11) is 1.55. The number of methoxy groups -OCH3 is 1. The van der Waals surface area contributed by atoms with Crippen LogP contribution in [0.25, 0.3) is 22.0 Å². The fourth-order valence-corrected chi connectivity index (χ4v) is 5.06. The minimum Gasteiger partial charge on any atom is -0.497 e. The fraction of sp³-hybridized carbons (Fsp3) is 0.0938. The Bertz CT molecular complexity index is 1800. The van der Waals surface area contributed by atoms with Gasteiger partial charge in [0, 0.05) is 26.0 Å². The number of benzene rings is 4. The summed E-state index contributed by atoms with van der Waals surface area (Å²) in [6, 6.07) is 24.6. The number of hydrazone groups is 1. The van der Waals surface area contributed by atoms with Gasteiger partial charge in [-0.3, -0.25) is 4.79 Å². The van der Waals surface area contributed by atoms with Crippen LogP contribution in [0.1, 0.15) is 33.3 Å². The molecule has 0 fully saturated rings. The van der Waals surface area contributed by atoms with Crippen molar-refractivity contribution in [2.24, 2.45) is 5.10 Å². The van der Waals surface area contributed by atoms with Gasteiger partial charge >= 0.3 is 5.97 Å². The molecule has 0 bridgehead atoms. The summed E-state index contributed by atoms with van der Waals surface area (Å²) >= 11 is 10.1. The third kappa shape index (κ3) is 6.17. The van der Waals surface area contributed by atoms with Gasteiger partial charge in [-0.25, -0.2) is 10.2 Å². The van der Waals surface area contributed by atoms with E-state index in [9.17, 15) is 9.59 Å². The van der Waals surface area contributed by atoms with E-state index in [1.54, 1.807) is 55.6 Å². The number of ether oxygens (including phenoxy) is 3. The van der Waals surface area contributed by atoms with Gasteiger partial charge in [0.25, 0.3) is 5.91 Å². The normalized spacial score (nSPS) is 11.0. The second-order valence-electron chi connectivity index (χ2n) is 8.97. The van der Waals surface area contributed by atoms with E-state index in [-0.39, 0.29) is 5.75 Å². The Kier molecular flexibility index (Phi) is 8.90. The highest BCUT2D eigenvalue weighted by Crippen LogP contribution is 2.38. The van der Waals surface area contributed by atoms with Gasteiger partial charge in [-0.2, -0.15) is 5.10 Å². The van der Waals surface area contributed by atoms with Crippen molar-refractivity contribution in [1.82, 2.24) is 10.4 Å². The number of hydrogen-bond acceptors (Lipinski definition) is 6. The van der Waals surface area contributed by atoms with E-state index in [0.29, 0.717) is 45.5 Å². The van der Waals surface area contributed by atoms with Gasteiger partial charge in [-0.1, -0.05) is 41.9 Å². The molecule has 5 rings (SSSR count). The molecule has 5 aromatic rings. The number of H-pyrrole nitrogens is 1. The zero-order valence-corrected chi connectivity index (χ0v) is 25.0. The van der Waals surface area contributed by atoms with Gasteiger partial charge in [0.15, 0.2) is 11.5 Å². The lowest BCUT2D eigenvalue weighted by molar-refractivity contribution is 0.0728. The quantitative estimate of drug-likeness (QED) is 0.0742. The molecule has 1 heterocycles. The number of esters is 1. The van der Waals surface area contributed by atoms with Crippen LogP contribution in [0.15, 0.2) is 94.5 Å². The fourth-order valence-electron chi connectivity index (χ4n) is 4.36. The Morgan fingerprint density at radius 2 is 1.79 bits per heavy atom. The predicted octanol–water partition coefficient (Wildman–Crippen LogP) is 7.64. The molecule has 10 heteroatoms. The number of rotatable bonds is 9. The first-order valence-corrected chi connectivity index (χ1v) is 14.1. The molecule has 8 nitrogen and oxygen atoms in total. The van der Waals surface area contributed by atoms with Crippen LogP contribution in [0.4, 0.5) is 0 Å². The molecule has 0 saturated carbocycles. The largest absolute Gasteiger partial charge is 0.497 e. The van der Waals surface area contributed by atoms with E-state index in [0.717, 1.165) is 20.9 Å². The number of hydrogen-bond donors (Lipinski definition) is 2. The van der Waals surface area contributed by atoms with Gasteiger partial charge < -0.3 is 19.2 Å². The highest BCUT2D eigenvalue weighted by molar-refractivity contribution is 9.10. The van der Waals surface area contributed by atoms with Gasteiger partial charge in [-0.15, -0.1) is 0 Å². The average molecular weight is 647 g/mol. The number of nitrogens with one attached hydrogen (secondary N) is 2. The molecule has 0 aliphatic rings. The van der Waals surface area contributed by atoms with Crippen molar-refractivity contribution in [2.45, 2.75) is 6.92 Å². The Balaban J connectivity index is 1.36. The Morgan fingerprint density at radius 3 is 2.52 bits per heavy atom. The molecule has 0 spiro atoms. The van der Waals surface area contributed by atoms with Crippen molar-refractivity contribution in [3.05, 3.63) is 111 Å². The maximum Gasteiger partial charge on any atom is 0.343 e. The van der Waals surface area contributed by atoms with Crippen molar-refractivity contribution in [1.29, 1.82) is 0 Å². The number of nitrogens with zero attached hydrogens (tertiary/aromatic N) is 1. The lowest BCUT2D eigenvalue weighted by atomic mass is 10.0. The number of fused-ring (bicyclic) bond motifs is 1. The Morgan fingerprint density at radius 1 is 1.00 bits per heavy atom. The van der Waals surface area contributed by atoms with E-state index in [4.69, 9.17) is 25.8 Å². The van der Waals surface area contributed by atoms with Crippen molar-refractivity contribution in [2.75, 3.05) is 13.7 Å². The summed E-state index contributed by atoms with van der Waals surface area (Å²) < 4.78 is 17.2. The summed E-state index contributed by atoms with van der Waals surface area (Å²) in [5.41, 5.74) is 6.06. The third-order valence-electron chi connectivity index (χ3n) is 6.33. The van der Waals surface area contributed by atoms with Gasteiger partial charge in [-0.05, 0) is 83.0 Å². The number of carbonyl (C=O) groups excluding carboxylic acids is 2. The lowest BCUT2D eigenvalue weighted by Crippen LogP contribution is -2.19. The summed E-state index contributed by atoms with van der Waals surface area (Å²) in [6.07, 6.45) is 1.48. The molecule has 42 heavy (non-hydrogen) atoms. The van der Waals surface area contributed by atoms with Crippen molar-refractivity contribution in [3.8, 4) is 28.4 Å². The molecular weight excluding hydrogens is 622 g/mol. The maximum absolute atomic E-state index is 13.3. The third-order valence-corrected chi connectivity index (χ3v) is 7.32. The van der Waals surface area contributed by atoms with E-state index >= 15 is 0 Å². The molecule has 1 amide bonds. The predicted molar refractivity (Wildman–Crippen MR) is 167 cm³/mol. The Labute approximate surface area is 255 Å². The summed E-state index contributed by atoms with van der Waals surface area (Å²) in [6.45, 7) is 2.18. The van der Waals surface area contributed by atoms with E-state index in [2.05, 4.69) is 31.4 Å². The number of aromatic amines is 1. The second-order valence-corrected chi connectivity index (χ2v) is 10.2. The molecule has 0 unspecified atom stereocenters. The maximum atomic E-state index is 13.3. The number of halogens is 2. The van der Waals surface area contributed by atoms with Crippen LogP contribution in [0.5, 0.6) is 17.2 Å². The average Bonchev–Trinajstić information content (AvgIpc) is 3.39. The van der Waals surface area contributed by atoms with Gasteiger partial charge in [0.1, 0.15) is 11.4 Å². The number of carbonyl (C=O) groups is 2. The van der Waals surface area contributed by atoms with Crippen LogP contribution in [0, 0.1) is 0 Å². The first-order valence-electron chi connectivity index (χ1n) is 12.9. The van der Waals surface area contributed by atoms with Crippen LogP contribution >= 0.6 is 27.5 Å². The molecular formula is C32H25BrClN3O5.